The number of hydrazine groups is 1. The van der Waals surface area contributed by atoms with Crippen molar-refractivity contribution in [1.82, 2.24) is 20.5 Å². The SMILES string of the molecule is O=C1CN(NC(=O)c2ccc(S(=O)(=O)NCCc3cccs3)cc2)C(=O)N1. The Bertz CT molecular complexity index is 955. The largest absolute Gasteiger partial charge is 0.343 e. The lowest BCUT2D eigenvalue weighted by Crippen LogP contribution is -2.44. The molecule has 27 heavy (non-hydrogen) atoms. The van der Waals surface area contributed by atoms with Crippen molar-refractivity contribution < 1.29 is 22.8 Å². The minimum Gasteiger partial charge on any atom is -0.275 e. The molecule has 2 aromatic rings. The van der Waals surface area contributed by atoms with Gasteiger partial charge < -0.3 is 0 Å². The number of hydrogen-bond acceptors (Lipinski definition) is 6. The van der Waals surface area contributed by atoms with Crippen LogP contribution in [0.15, 0.2) is 46.7 Å². The van der Waals surface area contributed by atoms with Crippen molar-refractivity contribution in [3.05, 3.63) is 52.2 Å². The van der Waals surface area contributed by atoms with Crippen molar-refractivity contribution in [3.63, 3.8) is 0 Å². The number of nitrogens with one attached hydrogen (secondary N) is 3. The van der Waals surface area contributed by atoms with Gasteiger partial charge in [0.1, 0.15) is 6.54 Å². The van der Waals surface area contributed by atoms with Crippen molar-refractivity contribution in [2.45, 2.75) is 11.3 Å². The van der Waals surface area contributed by atoms with E-state index in [2.05, 4.69) is 10.1 Å². The van der Waals surface area contributed by atoms with Crippen molar-refractivity contribution in [3.8, 4) is 0 Å². The molecule has 142 valence electrons. The molecule has 3 N–H and O–H groups in total. The number of benzene rings is 1. The van der Waals surface area contributed by atoms with E-state index in [1.54, 1.807) is 11.3 Å². The van der Waals surface area contributed by atoms with Crippen LogP contribution in [0, 0.1) is 0 Å². The first-order valence-corrected chi connectivity index (χ1v) is 10.3. The van der Waals surface area contributed by atoms with E-state index in [4.69, 9.17) is 0 Å². The molecule has 0 bridgehead atoms. The molecule has 4 amide bonds. The summed E-state index contributed by atoms with van der Waals surface area (Å²) in [6, 6.07) is 8.38. The quantitative estimate of drug-likeness (QED) is 0.574. The predicted molar refractivity (Wildman–Crippen MR) is 97.4 cm³/mol. The zero-order valence-electron chi connectivity index (χ0n) is 14.0. The summed E-state index contributed by atoms with van der Waals surface area (Å²) in [4.78, 5) is 35.7. The van der Waals surface area contributed by atoms with E-state index >= 15 is 0 Å². The first-order valence-electron chi connectivity index (χ1n) is 7.89. The first-order chi connectivity index (χ1) is 12.8. The van der Waals surface area contributed by atoms with Gasteiger partial charge in [0, 0.05) is 17.0 Å². The van der Waals surface area contributed by atoms with E-state index in [-0.39, 0.29) is 23.5 Å². The predicted octanol–water partition coefficient (Wildman–Crippen LogP) is 0.466. The number of nitrogens with zero attached hydrogens (tertiary/aromatic N) is 1. The van der Waals surface area contributed by atoms with Gasteiger partial charge in [-0.15, -0.1) is 11.3 Å². The lowest BCUT2D eigenvalue weighted by molar-refractivity contribution is -0.118. The molecular formula is C16H16N4O5S2. The van der Waals surface area contributed by atoms with Crippen molar-refractivity contribution >= 4 is 39.2 Å². The molecule has 0 atom stereocenters. The number of carbonyl (C=O) groups excluding carboxylic acids is 3. The van der Waals surface area contributed by atoms with Crippen molar-refractivity contribution in [2.75, 3.05) is 13.1 Å². The van der Waals surface area contributed by atoms with Crippen LogP contribution in [0.25, 0.3) is 0 Å². The Morgan fingerprint density at radius 2 is 1.93 bits per heavy atom. The normalized spacial score (nSPS) is 14.3. The summed E-state index contributed by atoms with van der Waals surface area (Å²) in [5, 5.41) is 4.80. The number of imide groups is 1. The molecule has 0 unspecified atom stereocenters. The Kier molecular flexibility index (Phi) is 5.54. The molecule has 3 rings (SSSR count). The maximum Gasteiger partial charge on any atom is 0.343 e. The Balaban J connectivity index is 1.59. The molecule has 0 saturated carbocycles. The minimum absolute atomic E-state index is 0.0272. The lowest BCUT2D eigenvalue weighted by Gasteiger charge is -2.14. The third-order valence-electron chi connectivity index (χ3n) is 3.70. The number of urea groups is 1. The second kappa shape index (κ2) is 7.86. The van der Waals surface area contributed by atoms with E-state index in [1.165, 1.54) is 24.3 Å². The van der Waals surface area contributed by atoms with Crippen LogP contribution in [0.4, 0.5) is 4.79 Å². The summed E-state index contributed by atoms with van der Waals surface area (Å²) >= 11 is 1.55. The zero-order valence-corrected chi connectivity index (χ0v) is 15.6. The summed E-state index contributed by atoms with van der Waals surface area (Å²) in [6.07, 6.45) is 0.591. The number of carbonyl (C=O) groups is 3. The number of thiophene rings is 1. The van der Waals surface area contributed by atoms with E-state index in [0.29, 0.717) is 6.42 Å². The Labute approximate surface area is 159 Å². The molecule has 1 aliphatic rings. The average molecular weight is 408 g/mol. The van der Waals surface area contributed by atoms with E-state index in [0.717, 1.165) is 9.89 Å². The fourth-order valence-electron chi connectivity index (χ4n) is 2.35. The van der Waals surface area contributed by atoms with Crippen LogP contribution >= 0.6 is 11.3 Å². The van der Waals surface area contributed by atoms with Crippen LogP contribution < -0.4 is 15.5 Å². The summed E-state index contributed by atoms with van der Waals surface area (Å²) in [5.74, 6) is -1.15. The van der Waals surface area contributed by atoms with Gasteiger partial charge >= 0.3 is 6.03 Å². The average Bonchev–Trinajstić information content (AvgIpc) is 3.24. The topological polar surface area (TPSA) is 125 Å². The highest BCUT2D eigenvalue weighted by atomic mass is 32.2. The van der Waals surface area contributed by atoms with Crippen LogP contribution in [-0.2, 0) is 21.2 Å². The van der Waals surface area contributed by atoms with Gasteiger partial charge in [-0.25, -0.2) is 22.9 Å². The maximum atomic E-state index is 12.3. The van der Waals surface area contributed by atoms with Crippen LogP contribution in [0.1, 0.15) is 15.2 Å². The fourth-order valence-corrected chi connectivity index (χ4v) is 4.09. The second-order valence-electron chi connectivity index (χ2n) is 5.63. The summed E-state index contributed by atoms with van der Waals surface area (Å²) in [6.45, 7) is -0.00557. The summed E-state index contributed by atoms with van der Waals surface area (Å²) in [7, 11) is -3.69. The van der Waals surface area contributed by atoms with E-state index in [9.17, 15) is 22.8 Å². The molecule has 1 aromatic carbocycles. The molecule has 1 aromatic heterocycles. The van der Waals surface area contributed by atoms with Gasteiger partial charge in [-0.05, 0) is 42.1 Å². The van der Waals surface area contributed by atoms with Crippen LogP contribution in [0.5, 0.6) is 0 Å². The van der Waals surface area contributed by atoms with Gasteiger partial charge in [0.25, 0.3) is 5.91 Å². The third-order valence-corrected chi connectivity index (χ3v) is 6.11. The van der Waals surface area contributed by atoms with Crippen LogP contribution in [0.2, 0.25) is 0 Å². The number of sulfonamides is 1. The van der Waals surface area contributed by atoms with Crippen molar-refractivity contribution in [1.29, 1.82) is 0 Å². The van der Waals surface area contributed by atoms with Crippen LogP contribution in [-0.4, -0.2) is 44.4 Å². The van der Waals surface area contributed by atoms with E-state index < -0.39 is 27.9 Å². The third kappa shape index (κ3) is 4.70. The van der Waals surface area contributed by atoms with Gasteiger partial charge in [-0.3, -0.25) is 20.3 Å². The van der Waals surface area contributed by atoms with Crippen LogP contribution in [0.3, 0.4) is 0 Å². The molecule has 1 fully saturated rings. The van der Waals surface area contributed by atoms with E-state index in [1.807, 2.05) is 22.8 Å². The number of hydrogen-bond donors (Lipinski definition) is 3. The smallest absolute Gasteiger partial charge is 0.275 e. The highest BCUT2D eigenvalue weighted by molar-refractivity contribution is 7.89. The van der Waals surface area contributed by atoms with Gasteiger partial charge in [-0.2, -0.15) is 0 Å². The van der Waals surface area contributed by atoms with Gasteiger partial charge in [0.05, 0.1) is 4.90 Å². The molecule has 1 saturated heterocycles. The molecule has 2 heterocycles. The first kappa shape index (κ1) is 19.0. The zero-order chi connectivity index (χ0) is 19.4. The lowest BCUT2D eigenvalue weighted by atomic mass is 10.2. The second-order valence-corrected chi connectivity index (χ2v) is 8.43. The molecule has 0 spiro atoms. The fraction of sp³-hybridized carbons (Fsp3) is 0.188. The highest BCUT2D eigenvalue weighted by Crippen LogP contribution is 2.12. The number of amides is 4. The molecular weight excluding hydrogens is 392 g/mol. The highest BCUT2D eigenvalue weighted by Gasteiger charge is 2.28. The summed E-state index contributed by atoms with van der Waals surface area (Å²) < 4.78 is 27.1. The van der Waals surface area contributed by atoms with Crippen molar-refractivity contribution in [2.24, 2.45) is 0 Å². The molecule has 1 aliphatic heterocycles. The molecule has 9 nitrogen and oxygen atoms in total. The number of rotatable bonds is 7. The minimum atomic E-state index is -3.69. The summed E-state index contributed by atoms with van der Waals surface area (Å²) in [5.41, 5.74) is 2.43. The molecule has 0 radical (unpaired) electrons. The Hall–Kier alpha value is -2.76. The maximum absolute atomic E-state index is 12.3. The molecule has 0 aliphatic carbocycles. The van der Waals surface area contributed by atoms with Gasteiger partial charge in [-0.1, -0.05) is 6.07 Å². The Morgan fingerprint density at radius 1 is 1.19 bits per heavy atom. The molecule has 11 heteroatoms. The van der Waals surface area contributed by atoms with Gasteiger partial charge in [0.15, 0.2) is 0 Å². The van der Waals surface area contributed by atoms with Gasteiger partial charge in [0.2, 0.25) is 15.9 Å². The monoisotopic (exact) mass is 408 g/mol. The standard InChI is InChI=1S/C16H16N4O5S2/c21-14-10-20(16(23)18-14)19-15(22)11-3-5-13(6-4-11)27(24,25)17-8-7-12-2-1-9-26-12/h1-6,9,17H,7-8,10H2,(H,19,22)(H,18,21,23). The Morgan fingerprint density at radius 3 is 2.52 bits per heavy atom.